The molecule has 0 radical (unpaired) electrons. The lowest BCUT2D eigenvalue weighted by molar-refractivity contribution is 0.0810. The zero-order chi connectivity index (χ0) is 12.3. The third kappa shape index (κ3) is 4.16. The fourth-order valence-corrected chi connectivity index (χ4v) is 1.34. The van der Waals surface area contributed by atoms with Crippen LogP contribution in [0.2, 0.25) is 0 Å². The molecule has 0 saturated heterocycles. The minimum atomic E-state index is -1.10. The minimum absolute atomic E-state index is 0.338. The second kappa shape index (κ2) is 5.62. The van der Waals surface area contributed by atoms with Crippen LogP contribution in [0.5, 0.6) is 0 Å². The molecule has 0 heterocycles. The van der Waals surface area contributed by atoms with Crippen molar-refractivity contribution >= 4 is 53.7 Å². The van der Waals surface area contributed by atoms with Gasteiger partial charge in [-0.25, -0.2) is 0 Å². The third-order valence-electron chi connectivity index (χ3n) is 1.89. The Hall–Kier alpha value is 0.0900. The lowest BCUT2D eigenvalue weighted by atomic mass is 10.1. The Morgan fingerprint density at radius 2 is 1.81 bits per heavy atom. The van der Waals surface area contributed by atoms with Crippen LogP contribution in [-0.4, -0.2) is 19.4 Å². The van der Waals surface area contributed by atoms with Gasteiger partial charge in [-0.05, 0) is 19.1 Å². The molecule has 0 aliphatic heterocycles. The van der Waals surface area contributed by atoms with Gasteiger partial charge in [-0.15, -0.1) is 0 Å². The van der Waals surface area contributed by atoms with Crippen LogP contribution >= 0.6 is 47.8 Å². The van der Waals surface area contributed by atoms with Gasteiger partial charge in [-0.3, -0.25) is 4.79 Å². The molecule has 1 amide bonds. The standard InChI is InChI=1S/C10H10Br3NO2/c1-6-2-4-7(5-3-6)8(15)14-9(16)10(11,12)13/h2-5,9,16H,1H3,(H,14,15). The first-order valence-electron chi connectivity index (χ1n) is 4.43. The van der Waals surface area contributed by atoms with E-state index in [1.54, 1.807) is 12.1 Å². The number of carbonyl (C=O) groups excluding carboxylic acids is 1. The van der Waals surface area contributed by atoms with Crippen LogP contribution in [-0.2, 0) is 0 Å². The largest absolute Gasteiger partial charge is 0.370 e. The van der Waals surface area contributed by atoms with Crippen molar-refractivity contribution in [3.05, 3.63) is 35.4 Å². The van der Waals surface area contributed by atoms with E-state index in [4.69, 9.17) is 0 Å². The van der Waals surface area contributed by atoms with Crippen LogP contribution < -0.4 is 5.32 Å². The Kier molecular flexibility index (Phi) is 4.97. The highest BCUT2D eigenvalue weighted by atomic mass is 80.0. The van der Waals surface area contributed by atoms with E-state index in [9.17, 15) is 9.90 Å². The number of hydrogen-bond donors (Lipinski definition) is 2. The van der Waals surface area contributed by atoms with Crippen LogP contribution in [0.15, 0.2) is 24.3 Å². The van der Waals surface area contributed by atoms with Crippen molar-refractivity contribution in [1.29, 1.82) is 0 Å². The first kappa shape index (κ1) is 14.2. The highest BCUT2D eigenvalue weighted by Crippen LogP contribution is 2.36. The Bertz CT molecular complexity index is 373. The predicted octanol–water partition coefficient (Wildman–Crippen LogP) is 2.88. The van der Waals surface area contributed by atoms with E-state index in [0.717, 1.165) is 5.56 Å². The SMILES string of the molecule is Cc1ccc(C(=O)NC(O)C(Br)(Br)Br)cc1. The van der Waals surface area contributed by atoms with Gasteiger partial charge in [0.25, 0.3) is 5.91 Å². The quantitative estimate of drug-likeness (QED) is 0.576. The van der Waals surface area contributed by atoms with Crippen molar-refractivity contribution in [2.45, 2.75) is 15.3 Å². The summed E-state index contributed by atoms with van der Waals surface area (Å²) < 4.78 is -0.923. The second-order valence-corrected chi connectivity index (χ2v) is 10.2. The van der Waals surface area contributed by atoms with Crippen molar-refractivity contribution < 1.29 is 9.90 Å². The molecule has 3 nitrogen and oxygen atoms in total. The van der Waals surface area contributed by atoms with E-state index in [1.165, 1.54) is 0 Å². The lowest BCUT2D eigenvalue weighted by Crippen LogP contribution is -2.42. The summed E-state index contributed by atoms with van der Waals surface area (Å²) in [6, 6.07) is 7.08. The Labute approximate surface area is 119 Å². The maximum Gasteiger partial charge on any atom is 0.253 e. The van der Waals surface area contributed by atoms with Gasteiger partial charge in [0, 0.05) is 5.56 Å². The lowest BCUT2D eigenvalue weighted by Gasteiger charge is -2.21. The van der Waals surface area contributed by atoms with Crippen molar-refractivity contribution in [2.24, 2.45) is 0 Å². The molecule has 88 valence electrons. The molecular weight excluding hydrogens is 406 g/mol. The number of aryl methyl sites for hydroxylation is 1. The number of hydrogen-bond acceptors (Lipinski definition) is 2. The van der Waals surface area contributed by atoms with Crippen molar-refractivity contribution in [3.63, 3.8) is 0 Å². The smallest absolute Gasteiger partial charge is 0.253 e. The molecule has 0 bridgehead atoms. The van der Waals surface area contributed by atoms with E-state index in [2.05, 4.69) is 53.1 Å². The van der Waals surface area contributed by atoms with Gasteiger partial charge in [-0.1, -0.05) is 65.5 Å². The molecule has 1 atom stereocenters. The molecule has 16 heavy (non-hydrogen) atoms. The summed E-state index contributed by atoms with van der Waals surface area (Å²) in [5, 5.41) is 12.0. The number of aliphatic hydroxyl groups excluding tert-OH is 1. The van der Waals surface area contributed by atoms with E-state index >= 15 is 0 Å². The van der Waals surface area contributed by atoms with Gasteiger partial charge in [0.15, 0.2) is 8.37 Å². The molecule has 0 fully saturated rings. The summed E-state index contributed by atoms with van der Waals surface area (Å²) in [6.07, 6.45) is -1.10. The second-order valence-electron chi connectivity index (χ2n) is 3.28. The monoisotopic (exact) mass is 413 g/mol. The fraction of sp³-hybridized carbons (Fsp3) is 0.300. The number of aliphatic hydroxyl groups is 1. The summed E-state index contributed by atoms with van der Waals surface area (Å²) in [6.45, 7) is 1.94. The van der Waals surface area contributed by atoms with E-state index in [1.807, 2.05) is 19.1 Å². The first-order valence-corrected chi connectivity index (χ1v) is 6.81. The van der Waals surface area contributed by atoms with Crippen LogP contribution in [0, 0.1) is 6.92 Å². The number of nitrogens with one attached hydrogen (secondary N) is 1. The van der Waals surface area contributed by atoms with Gasteiger partial charge in [0.1, 0.15) is 0 Å². The Morgan fingerprint density at radius 1 is 1.31 bits per heavy atom. The van der Waals surface area contributed by atoms with Crippen LogP contribution in [0.4, 0.5) is 0 Å². The zero-order valence-corrected chi connectivity index (χ0v) is 13.1. The first-order chi connectivity index (χ1) is 7.30. The summed E-state index contributed by atoms with van der Waals surface area (Å²) in [4.78, 5) is 11.7. The highest BCUT2D eigenvalue weighted by molar-refractivity contribution is 9.39. The molecule has 1 unspecified atom stereocenters. The number of carbonyl (C=O) groups is 1. The molecule has 6 heteroatoms. The number of amides is 1. The summed E-state index contributed by atoms with van der Waals surface area (Å²) in [5.74, 6) is -0.338. The number of halogens is 3. The zero-order valence-electron chi connectivity index (χ0n) is 8.38. The van der Waals surface area contributed by atoms with Gasteiger partial charge in [0.05, 0.1) is 0 Å². The molecule has 0 aromatic heterocycles. The number of alkyl halides is 3. The molecule has 2 N–H and O–H groups in total. The van der Waals surface area contributed by atoms with Crippen molar-refractivity contribution in [3.8, 4) is 0 Å². The molecule has 1 aromatic rings. The minimum Gasteiger partial charge on any atom is -0.370 e. The third-order valence-corrected chi connectivity index (χ3v) is 3.19. The van der Waals surface area contributed by atoms with Crippen LogP contribution in [0.1, 0.15) is 15.9 Å². The molecule has 1 aromatic carbocycles. The number of rotatable bonds is 2. The average molecular weight is 416 g/mol. The highest BCUT2D eigenvalue weighted by Gasteiger charge is 2.30. The molecule has 0 aliphatic carbocycles. The van der Waals surface area contributed by atoms with E-state index < -0.39 is 8.37 Å². The maximum absolute atomic E-state index is 11.7. The normalized spacial score (nSPS) is 13.3. The maximum atomic E-state index is 11.7. The van der Waals surface area contributed by atoms with E-state index in [0.29, 0.717) is 5.56 Å². The van der Waals surface area contributed by atoms with Crippen LogP contribution in [0.25, 0.3) is 0 Å². The Morgan fingerprint density at radius 3 is 2.25 bits per heavy atom. The summed E-state index contributed by atoms with van der Waals surface area (Å²) >= 11 is 9.38. The molecule has 0 aliphatic rings. The molecule has 1 rings (SSSR count). The predicted molar refractivity (Wildman–Crippen MR) is 74.2 cm³/mol. The average Bonchev–Trinajstić information content (AvgIpc) is 2.17. The topological polar surface area (TPSA) is 49.3 Å². The molecule has 0 spiro atoms. The summed E-state index contributed by atoms with van der Waals surface area (Å²) in [5.41, 5.74) is 1.58. The van der Waals surface area contributed by atoms with Crippen molar-refractivity contribution in [1.82, 2.24) is 5.32 Å². The molecular formula is C10H10Br3NO2. The van der Waals surface area contributed by atoms with Gasteiger partial charge in [-0.2, -0.15) is 0 Å². The van der Waals surface area contributed by atoms with Crippen molar-refractivity contribution in [2.75, 3.05) is 0 Å². The van der Waals surface area contributed by atoms with E-state index in [-0.39, 0.29) is 5.91 Å². The van der Waals surface area contributed by atoms with Gasteiger partial charge < -0.3 is 10.4 Å². The molecule has 0 saturated carbocycles. The van der Waals surface area contributed by atoms with Crippen LogP contribution in [0.3, 0.4) is 0 Å². The summed E-state index contributed by atoms with van der Waals surface area (Å²) in [7, 11) is 0. The van der Waals surface area contributed by atoms with Gasteiger partial charge >= 0.3 is 0 Å². The number of benzene rings is 1. The fourth-order valence-electron chi connectivity index (χ4n) is 0.994. The Balaban J connectivity index is 2.70. The van der Waals surface area contributed by atoms with Gasteiger partial charge in [0.2, 0.25) is 0 Å².